The highest BCUT2D eigenvalue weighted by molar-refractivity contribution is 6.12. The second-order valence-corrected chi connectivity index (χ2v) is 4.10. The van der Waals surface area contributed by atoms with E-state index in [9.17, 15) is 4.79 Å². The van der Waals surface area contributed by atoms with Crippen molar-refractivity contribution >= 4 is 11.5 Å². The van der Waals surface area contributed by atoms with Gasteiger partial charge in [-0.15, -0.1) is 0 Å². The van der Waals surface area contributed by atoms with Crippen molar-refractivity contribution < 1.29 is 9.53 Å². The lowest BCUT2D eigenvalue weighted by Gasteiger charge is -2.10. The lowest BCUT2D eigenvalue weighted by molar-refractivity contribution is 0.103. The first-order valence-corrected chi connectivity index (χ1v) is 5.67. The van der Waals surface area contributed by atoms with Crippen LogP contribution in [-0.4, -0.2) is 12.9 Å². The van der Waals surface area contributed by atoms with Gasteiger partial charge in [0.2, 0.25) is 0 Å². The molecule has 92 valence electrons. The molecule has 0 aliphatic rings. The molecule has 3 nitrogen and oxygen atoms in total. The molecule has 0 spiro atoms. The van der Waals surface area contributed by atoms with Gasteiger partial charge in [0.15, 0.2) is 5.78 Å². The molecule has 0 aliphatic carbocycles. The summed E-state index contributed by atoms with van der Waals surface area (Å²) in [6, 6.07) is 12.5. The van der Waals surface area contributed by atoms with E-state index < -0.39 is 0 Å². The summed E-state index contributed by atoms with van der Waals surface area (Å²) in [5, 5.41) is 0. The molecule has 0 bridgehead atoms. The monoisotopic (exact) mass is 241 g/mol. The van der Waals surface area contributed by atoms with Crippen LogP contribution in [0, 0.1) is 6.92 Å². The molecular weight excluding hydrogens is 226 g/mol. The van der Waals surface area contributed by atoms with Crippen molar-refractivity contribution in [1.29, 1.82) is 0 Å². The Balaban J connectivity index is 2.52. The van der Waals surface area contributed by atoms with E-state index in [2.05, 4.69) is 0 Å². The van der Waals surface area contributed by atoms with Crippen LogP contribution in [0.3, 0.4) is 0 Å². The Morgan fingerprint density at radius 3 is 2.50 bits per heavy atom. The van der Waals surface area contributed by atoms with Crippen LogP contribution >= 0.6 is 0 Å². The van der Waals surface area contributed by atoms with Gasteiger partial charge in [-0.2, -0.15) is 0 Å². The van der Waals surface area contributed by atoms with Gasteiger partial charge in [0.25, 0.3) is 0 Å². The number of nitrogens with two attached hydrogens (primary N) is 1. The molecule has 0 fully saturated rings. The molecule has 3 heteroatoms. The van der Waals surface area contributed by atoms with E-state index in [4.69, 9.17) is 10.5 Å². The quantitative estimate of drug-likeness (QED) is 0.664. The third kappa shape index (κ3) is 2.20. The zero-order valence-corrected chi connectivity index (χ0v) is 10.4. The maximum absolute atomic E-state index is 12.5. The highest BCUT2D eigenvalue weighted by atomic mass is 16.5. The molecule has 0 heterocycles. The van der Waals surface area contributed by atoms with E-state index in [1.54, 1.807) is 31.4 Å². The van der Waals surface area contributed by atoms with Crippen molar-refractivity contribution in [3.63, 3.8) is 0 Å². The van der Waals surface area contributed by atoms with Gasteiger partial charge in [0, 0.05) is 11.3 Å². The number of carbonyl (C=O) groups is 1. The number of methoxy groups -OCH3 is 1. The first kappa shape index (κ1) is 12.2. The fraction of sp³-hybridized carbons (Fsp3) is 0.133. The molecule has 2 aromatic carbocycles. The molecule has 0 saturated carbocycles. The first-order chi connectivity index (χ1) is 8.63. The highest BCUT2D eigenvalue weighted by Crippen LogP contribution is 2.25. The number of anilines is 1. The van der Waals surface area contributed by atoms with Gasteiger partial charge in [-0.1, -0.05) is 24.3 Å². The summed E-state index contributed by atoms with van der Waals surface area (Å²) in [4.78, 5) is 12.5. The summed E-state index contributed by atoms with van der Waals surface area (Å²) in [5.74, 6) is 0.467. The van der Waals surface area contributed by atoms with Crippen LogP contribution in [0.25, 0.3) is 0 Å². The second kappa shape index (κ2) is 4.92. The Labute approximate surface area is 106 Å². The van der Waals surface area contributed by atoms with Gasteiger partial charge in [0.05, 0.1) is 12.7 Å². The van der Waals surface area contributed by atoms with Crippen molar-refractivity contribution in [3.05, 3.63) is 59.2 Å². The van der Waals surface area contributed by atoms with Crippen LogP contribution < -0.4 is 10.5 Å². The zero-order chi connectivity index (χ0) is 13.1. The van der Waals surface area contributed by atoms with Crippen LogP contribution in [0.1, 0.15) is 21.5 Å². The predicted octanol–water partition coefficient (Wildman–Crippen LogP) is 2.82. The van der Waals surface area contributed by atoms with Gasteiger partial charge in [-0.25, -0.2) is 0 Å². The molecule has 18 heavy (non-hydrogen) atoms. The van der Waals surface area contributed by atoms with E-state index in [0.717, 1.165) is 5.56 Å². The van der Waals surface area contributed by atoms with Gasteiger partial charge >= 0.3 is 0 Å². The van der Waals surface area contributed by atoms with Gasteiger partial charge in [-0.3, -0.25) is 4.79 Å². The lowest BCUT2D eigenvalue weighted by Crippen LogP contribution is -2.06. The molecule has 2 N–H and O–H groups in total. The van der Waals surface area contributed by atoms with Crippen molar-refractivity contribution in [2.45, 2.75) is 6.92 Å². The Hall–Kier alpha value is -2.29. The van der Waals surface area contributed by atoms with Crippen LogP contribution in [0.5, 0.6) is 5.75 Å². The van der Waals surface area contributed by atoms with Crippen LogP contribution in [0.15, 0.2) is 42.5 Å². The predicted molar refractivity (Wildman–Crippen MR) is 72.0 cm³/mol. The number of ketones is 1. The number of benzene rings is 2. The highest BCUT2D eigenvalue weighted by Gasteiger charge is 2.16. The fourth-order valence-electron chi connectivity index (χ4n) is 1.88. The van der Waals surface area contributed by atoms with E-state index in [-0.39, 0.29) is 5.78 Å². The Morgan fingerprint density at radius 2 is 1.83 bits per heavy atom. The standard InChI is InChI=1S/C15H15NO2/c1-10-5-3-4-6-12(10)15(17)13-9-11(16)7-8-14(13)18-2/h3-9H,16H2,1-2H3. The van der Waals surface area contributed by atoms with Gasteiger partial charge < -0.3 is 10.5 Å². The Kier molecular flexibility index (Phi) is 3.33. The van der Waals surface area contributed by atoms with Gasteiger partial charge in [-0.05, 0) is 30.7 Å². The largest absolute Gasteiger partial charge is 0.496 e. The Bertz CT molecular complexity index is 591. The van der Waals surface area contributed by atoms with Crippen LogP contribution in [0.2, 0.25) is 0 Å². The van der Waals surface area contributed by atoms with Crippen molar-refractivity contribution in [2.75, 3.05) is 12.8 Å². The van der Waals surface area contributed by atoms with E-state index in [1.807, 2.05) is 25.1 Å². The third-order valence-corrected chi connectivity index (χ3v) is 2.86. The minimum atomic E-state index is -0.0720. The third-order valence-electron chi connectivity index (χ3n) is 2.86. The number of hydrogen-bond donors (Lipinski definition) is 1. The maximum Gasteiger partial charge on any atom is 0.197 e. The molecule has 2 aromatic rings. The molecule has 2 rings (SSSR count). The smallest absolute Gasteiger partial charge is 0.197 e. The van der Waals surface area contributed by atoms with Gasteiger partial charge in [0.1, 0.15) is 5.75 Å². The molecule has 0 aromatic heterocycles. The number of hydrogen-bond acceptors (Lipinski definition) is 3. The van der Waals surface area contributed by atoms with E-state index in [1.165, 1.54) is 0 Å². The summed E-state index contributed by atoms with van der Waals surface area (Å²) in [6.07, 6.45) is 0. The van der Waals surface area contributed by atoms with Crippen LogP contribution in [-0.2, 0) is 0 Å². The molecule has 0 unspecified atom stereocenters. The van der Waals surface area contributed by atoms with Crippen molar-refractivity contribution in [1.82, 2.24) is 0 Å². The molecule has 0 atom stereocenters. The second-order valence-electron chi connectivity index (χ2n) is 4.10. The van der Waals surface area contributed by atoms with Crippen LogP contribution in [0.4, 0.5) is 5.69 Å². The summed E-state index contributed by atoms with van der Waals surface area (Å²) >= 11 is 0. The molecular formula is C15H15NO2. The SMILES string of the molecule is COc1ccc(N)cc1C(=O)c1ccccc1C. The first-order valence-electron chi connectivity index (χ1n) is 5.67. The number of nitrogen functional groups attached to an aromatic ring is 1. The summed E-state index contributed by atoms with van der Waals surface area (Å²) in [7, 11) is 1.54. The minimum absolute atomic E-state index is 0.0720. The van der Waals surface area contributed by atoms with E-state index in [0.29, 0.717) is 22.6 Å². The number of ether oxygens (including phenoxy) is 1. The number of rotatable bonds is 3. The average molecular weight is 241 g/mol. The summed E-state index contributed by atoms with van der Waals surface area (Å²) in [6.45, 7) is 1.91. The van der Waals surface area contributed by atoms with Crippen molar-refractivity contribution in [2.24, 2.45) is 0 Å². The normalized spacial score (nSPS) is 10.1. The Morgan fingerprint density at radius 1 is 1.11 bits per heavy atom. The maximum atomic E-state index is 12.5. The van der Waals surface area contributed by atoms with E-state index >= 15 is 0 Å². The zero-order valence-electron chi connectivity index (χ0n) is 10.4. The van der Waals surface area contributed by atoms with Crippen molar-refractivity contribution in [3.8, 4) is 5.75 Å². The lowest BCUT2D eigenvalue weighted by atomic mass is 9.98. The summed E-state index contributed by atoms with van der Waals surface area (Å²) in [5.41, 5.74) is 8.37. The number of aryl methyl sites for hydroxylation is 1. The molecule has 0 saturated heterocycles. The molecule has 0 amide bonds. The molecule has 0 radical (unpaired) electrons. The summed E-state index contributed by atoms with van der Waals surface area (Å²) < 4.78 is 5.21. The number of carbonyl (C=O) groups excluding carboxylic acids is 1. The minimum Gasteiger partial charge on any atom is -0.496 e. The fourth-order valence-corrected chi connectivity index (χ4v) is 1.88. The average Bonchev–Trinajstić information content (AvgIpc) is 2.38. The molecule has 0 aliphatic heterocycles. The topological polar surface area (TPSA) is 52.3 Å².